The van der Waals surface area contributed by atoms with Crippen molar-refractivity contribution in [2.75, 3.05) is 6.61 Å². The lowest BCUT2D eigenvalue weighted by atomic mass is 9.97. The van der Waals surface area contributed by atoms with Gasteiger partial charge in [-0.2, -0.15) is 0 Å². The van der Waals surface area contributed by atoms with Gasteiger partial charge in [0.1, 0.15) is 6.04 Å². The van der Waals surface area contributed by atoms with E-state index in [1.165, 1.54) is 4.90 Å². The monoisotopic (exact) mass is 316 g/mol. The van der Waals surface area contributed by atoms with Crippen LogP contribution in [-0.2, 0) is 22.5 Å². The van der Waals surface area contributed by atoms with E-state index >= 15 is 0 Å². The summed E-state index contributed by atoms with van der Waals surface area (Å²) in [5.74, 6) is -0.807. The molecule has 1 aromatic heterocycles. The largest absolute Gasteiger partial charge is 0.480 e. The van der Waals surface area contributed by atoms with E-state index in [9.17, 15) is 14.7 Å². The van der Waals surface area contributed by atoms with Gasteiger partial charge in [-0.1, -0.05) is 32.0 Å². The van der Waals surface area contributed by atoms with E-state index in [4.69, 9.17) is 4.74 Å². The van der Waals surface area contributed by atoms with Crippen molar-refractivity contribution in [1.82, 2.24) is 9.88 Å². The van der Waals surface area contributed by atoms with E-state index in [0.717, 1.165) is 22.2 Å². The summed E-state index contributed by atoms with van der Waals surface area (Å²) in [7, 11) is 0. The van der Waals surface area contributed by atoms with E-state index < -0.39 is 18.1 Å². The van der Waals surface area contributed by atoms with Crippen molar-refractivity contribution < 1.29 is 19.4 Å². The third kappa shape index (κ3) is 2.88. The van der Waals surface area contributed by atoms with Crippen molar-refractivity contribution in [3.05, 3.63) is 35.5 Å². The van der Waals surface area contributed by atoms with Crippen LogP contribution in [0.25, 0.3) is 10.9 Å². The Labute approximate surface area is 134 Å². The third-order valence-corrected chi connectivity index (χ3v) is 4.06. The number of H-pyrrole nitrogens is 1. The second-order valence-corrected chi connectivity index (χ2v) is 6.28. The molecule has 0 spiro atoms. The normalized spacial score (nSPS) is 17.3. The van der Waals surface area contributed by atoms with Gasteiger partial charge in [0, 0.05) is 23.0 Å². The maximum Gasteiger partial charge on any atom is 0.410 e. The summed E-state index contributed by atoms with van der Waals surface area (Å²) in [5.41, 5.74) is 2.81. The van der Waals surface area contributed by atoms with Gasteiger partial charge in [-0.15, -0.1) is 0 Å². The molecule has 23 heavy (non-hydrogen) atoms. The Kier molecular flexibility index (Phi) is 3.98. The van der Waals surface area contributed by atoms with E-state index in [-0.39, 0.29) is 25.5 Å². The molecule has 1 atom stereocenters. The smallest absolute Gasteiger partial charge is 0.410 e. The first-order chi connectivity index (χ1) is 11.0. The summed E-state index contributed by atoms with van der Waals surface area (Å²) in [6, 6.07) is 6.87. The quantitative estimate of drug-likeness (QED) is 0.912. The molecule has 1 aliphatic heterocycles. The molecular weight excluding hydrogens is 296 g/mol. The first-order valence-corrected chi connectivity index (χ1v) is 7.72. The minimum absolute atomic E-state index is 0.204. The minimum atomic E-state index is -1.01. The number of carbonyl (C=O) groups is 2. The van der Waals surface area contributed by atoms with Crippen molar-refractivity contribution in [3.8, 4) is 0 Å². The van der Waals surface area contributed by atoms with Crippen LogP contribution in [-0.4, -0.2) is 39.7 Å². The van der Waals surface area contributed by atoms with Crippen LogP contribution >= 0.6 is 0 Å². The first-order valence-electron chi connectivity index (χ1n) is 7.72. The van der Waals surface area contributed by atoms with Crippen LogP contribution in [0, 0.1) is 5.92 Å². The Bertz CT molecular complexity index is 750. The topological polar surface area (TPSA) is 82.6 Å². The SMILES string of the molecule is CC(C)COC(=O)N1Cc2[nH]c3ccccc3c2CC1C(=O)O. The number of fused-ring (bicyclic) bond motifs is 3. The van der Waals surface area contributed by atoms with Crippen LogP contribution < -0.4 is 0 Å². The highest BCUT2D eigenvalue weighted by Gasteiger charge is 2.37. The number of carboxylic acid groups (broad SMARTS) is 1. The van der Waals surface area contributed by atoms with Crippen molar-refractivity contribution in [2.45, 2.75) is 32.9 Å². The Balaban J connectivity index is 1.92. The lowest BCUT2D eigenvalue weighted by molar-refractivity contribution is -0.143. The summed E-state index contributed by atoms with van der Waals surface area (Å²) in [4.78, 5) is 28.5. The number of nitrogens with zero attached hydrogens (tertiary/aromatic N) is 1. The number of carboxylic acids is 1. The number of amides is 1. The molecule has 122 valence electrons. The lowest BCUT2D eigenvalue weighted by Gasteiger charge is -2.32. The molecular formula is C17H20N2O4. The molecule has 0 aliphatic carbocycles. The zero-order chi connectivity index (χ0) is 16.6. The van der Waals surface area contributed by atoms with E-state index in [2.05, 4.69) is 4.98 Å². The number of para-hydroxylation sites is 1. The Hall–Kier alpha value is -2.50. The molecule has 0 saturated heterocycles. The molecule has 2 N–H and O–H groups in total. The molecule has 6 nitrogen and oxygen atoms in total. The van der Waals surface area contributed by atoms with E-state index in [1.54, 1.807) is 0 Å². The number of aromatic nitrogens is 1. The standard InChI is InChI=1S/C17H20N2O4/c1-10(2)9-23-17(22)19-8-14-12(7-15(19)16(20)21)11-5-3-4-6-13(11)18-14/h3-6,10,15,18H,7-9H2,1-2H3,(H,20,21). The summed E-state index contributed by atoms with van der Waals surface area (Å²) >= 11 is 0. The average Bonchev–Trinajstić information content (AvgIpc) is 2.88. The van der Waals surface area contributed by atoms with Gasteiger partial charge in [0.05, 0.1) is 13.2 Å². The van der Waals surface area contributed by atoms with Crippen molar-refractivity contribution in [2.24, 2.45) is 5.92 Å². The summed E-state index contributed by atoms with van der Waals surface area (Å²) < 4.78 is 5.22. The van der Waals surface area contributed by atoms with Gasteiger partial charge in [0.2, 0.25) is 0 Å². The predicted octanol–water partition coefficient (Wildman–Crippen LogP) is 2.77. The van der Waals surface area contributed by atoms with Crippen LogP contribution in [0.1, 0.15) is 25.1 Å². The number of aromatic amines is 1. The van der Waals surface area contributed by atoms with Gasteiger partial charge < -0.3 is 14.8 Å². The molecule has 3 rings (SSSR count). The van der Waals surface area contributed by atoms with Crippen LogP contribution in [0.3, 0.4) is 0 Å². The fraction of sp³-hybridized carbons (Fsp3) is 0.412. The second kappa shape index (κ2) is 5.95. The fourth-order valence-electron chi connectivity index (χ4n) is 2.94. The Morgan fingerprint density at radius 1 is 1.39 bits per heavy atom. The highest BCUT2D eigenvalue weighted by atomic mass is 16.6. The highest BCUT2D eigenvalue weighted by molar-refractivity contribution is 5.88. The molecule has 2 aromatic rings. The molecule has 1 aromatic carbocycles. The van der Waals surface area contributed by atoms with Gasteiger partial charge in [0.25, 0.3) is 0 Å². The zero-order valence-corrected chi connectivity index (χ0v) is 13.2. The first kappa shape index (κ1) is 15.4. The lowest BCUT2D eigenvalue weighted by Crippen LogP contribution is -2.49. The number of hydrogen-bond donors (Lipinski definition) is 2. The maximum atomic E-state index is 12.3. The molecule has 1 amide bonds. The average molecular weight is 316 g/mol. The van der Waals surface area contributed by atoms with Gasteiger partial charge in [-0.25, -0.2) is 9.59 Å². The number of benzene rings is 1. The Morgan fingerprint density at radius 2 is 2.13 bits per heavy atom. The summed E-state index contributed by atoms with van der Waals surface area (Å²) in [6.45, 7) is 4.38. The van der Waals surface area contributed by atoms with E-state index in [0.29, 0.717) is 0 Å². The van der Waals surface area contributed by atoms with Crippen LogP contribution in [0.2, 0.25) is 0 Å². The zero-order valence-electron chi connectivity index (χ0n) is 13.2. The number of aliphatic carboxylic acids is 1. The molecule has 0 saturated carbocycles. The van der Waals surface area contributed by atoms with Crippen LogP contribution in [0.4, 0.5) is 4.79 Å². The number of carbonyl (C=O) groups excluding carboxylic acids is 1. The van der Waals surface area contributed by atoms with Gasteiger partial charge >= 0.3 is 12.1 Å². The Morgan fingerprint density at radius 3 is 2.83 bits per heavy atom. The summed E-state index contributed by atoms with van der Waals surface area (Å²) in [5, 5.41) is 10.5. The van der Waals surface area contributed by atoms with Crippen LogP contribution in [0.15, 0.2) is 24.3 Å². The second-order valence-electron chi connectivity index (χ2n) is 6.28. The van der Waals surface area contributed by atoms with Crippen molar-refractivity contribution in [3.63, 3.8) is 0 Å². The number of rotatable bonds is 3. The molecule has 1 unspecified atom stereocenters. The maximum absolute atomic E-state index is 12.3. The van der Waals surface area contributed by atoms with Gasteiger partial charge in [0.15, 0.2) is 0 Å². The molecule has 0 radical (unpaired) electrons. The predicted molar refractivity (Wildman–Crippen MR) is 85.2 cm³/mol. The van der Waals surface area contributed by atoms with Crippen LogP contribution in [0.5, 0.6) is 0 Å². The number of nitrogens with one attached hydrogen (secondary N) is 1. The number of ether oxygens (including phenoxy) is 1. The highest BCUT2D eigenvalue weighted by Crippen LogP contribution is 2.30. The van der Waals surface area contributed by atoms with Gasteiger partial charge in [-0.3, -0.25) is 4.90 Å². The minimum Gasteiger partial charge on any atom is -0.480 e. The molecule has 0 fully saturated rings. The fourth-order valence-corrected chi connectivity index (χ4v) is 2.94. The number of hydrogen-bond acceptors (Lipinski definition) is 3. The molecule has 1 aliphatic rings. The van der Waals surface area contributed by atoms with Crippen molar-refractivity contribution >= 4 is 23.0 Å². The van der Waals surface area contributed by atoms with Crippen molar-refractivity contribution in [1.29, 1.82) is 0 Å². The molecule has 0 bridgehead atoms. The summed E-state index contributed by atoms with van der Waals surface area (Å²) in [6.07, 6.45) is -0.291. The van der Waals surface area contributed by atoms with E-state index in [1.807, 2.05) is 38.1 Å². The molecule has 2 heterocycles. The van der Waals surface area contributed by atoms with Gasteiger partial charge in [-0.05, 0) is 17.5 Å². The third-order valence-electron chi connectivity index (χ3n) is 4.06. The molecule has 6 heteroatoms.